The van der Waals surface area contributed by atoms with Crippen LogP contribution in [-0.4, -0.2) is 13.7 Å². The molecule has 0 heterocycles. The van der Waals surface area contributed by atoms with E-state index in [2.05, 4.69) is 33.4 Å². The van der Waals surface area contributed by atoms with Crippen LogP contribution in [0.15, 0.2) is 23.8 Å². The third kappa shape index (κ3) is 5.14. The standard InChI is InChI=1S/C11H20O/c1-9(2)6-7-11(8-12-5)10(3)4/h6,11H,3,7-8H2,1-2,4-5H3. The molecule has 0 N–H and O–H groups in total. The molecule has 0 saturated heterocycles. The molecule has 1 unspecified atom stereocenters. The molecule has 0 fully saturated rings. The first-order valence-corrected chi connectivity index (χ1v) is 4.35. The highest BCUT2D eigenvalue weighted by Crippen LogP contribution is 2.14. The first-order chi connectivity index (χ1) is 5.57. The normalized spacial score (nSPS) is 12.3. The fourth-order valence-corrected chi connectivity index (χ4v) is 0.991. The van der Waals surface area contributed by atoms with Gasteiger partial charge in [-0.2, -0.15) is 0 Å². The minimum Gasteiger partial charge on any atom is -0.384 e. The van der Waals surface area contributed by atoms with Crippen LogP contribution in [-0.2, 0) is 4.74 Å². The van der Waals surface area contributed by atoms with E-state index in [1.807, 2.05) is 0 Å². The Kier molecular flexibility index (Phi) is 5.73. The van der Waals surface area contributed by atoms with Crippen LogP contribution in [0.25, 0.3) is 0 Å². The highest BCUT2D eigenvalue weighted by Gasteiger charge is 2.06. The van der Waals surface area contributed by atoms with Gasteiger partial charge in [0.2, 0.25) is 0 Å². The maximum atomic E-state index is 5.11. The number of hydrogen-bond donors (Lipinski definition) is 0. The molecule has 1 nitrogen and oxygen atoms in total. The van der Waals surface area contributed by atoms with E-state index >= 15 is 0 Å². The highest BCUT2D eigenvalue weighted by molar-refractivity contribution is 5.02. The Morgan fingerprint density at radius 3 is 2.33 bits per heavy atom. The van der Waals surface area contributed by atoms with E-state index in [4.69, 9.17) is 4.74 Å². The molecule has 0 rings (SSSR count). The maximum absolute atomic E-state index is 5.11. The summed E-state index contributed by atoms with van der Waals surface area (Å²) in [6, 6.07) is 0. The van der Waals surface area contributed by atoms with E-state index in [0.717, 1.165) is 13.0 Å². The molecule has 0 aliphatic rings. The minimum atomic E-state index is 0.477. The largest absolute Gasteiger partial charge is 0.384 e. The first-order valence-electron chi connectivity index (χ1n) is 4.35. The van der Waals surface area contributed by atoms with E-state index in [1.54, 1.807) is 7.11 Å². The lowest BCUT2D eigenvalue weighted by Crippen LogP contribution is -2.07. The fourth-order valence-electron chi connectivity index (χ4n) is 0.991. The van der Waals surface area contributed by atoms with E-state index in [1.165, 1.54) is 11.1 Å². The van der Waals surface area contributed by atoms with E-state index < -0.39 is 0 Å². The van der Waals surface area contributed by atoms with Crippen molar-refractivity contribution in [1.29, 1.82) is 0 Å². The lowest BCUT2D eigenvalue weighted by molar-refractivity contribution is 0.167. The van der Waals surface area contributed by atoms with Crippen molar-refractivity contribution in [2.75, 3.05) is 13.7 Å². The number of methoxy groups -OCH3 is 1. The Balaban J connectivity index is 3.96. The summed E-state index contributed by atoms with van der Waals surface area (Å²) >= 11 is 0. The summed E-state index contributed by atoms with van der Waals surface area (Å²) in [6.45, 7) is 11.0. The fraction of sp³-hybridized carbons (Fsp3) is 0.636. The van der Waals surface area contributed by atoms with Gasteiger partial charge in [0.15, 0.2) is 0 Å². The van der Waals surface area contributed by atoms with Crippen molar-refractivity contribution >= 4 is 0 Å². The Morgan fingerprint density at radius 2 is 2.00 bits per heavy atom. The second-order valence-electron chi connectivity index (χ2n) is 3.52. The lowest BCUT2D eigenvalue weighted by Gasteiger charge is -2.13. The lowest BCUT2D eigenvalue weighted by atomic mass is 9.98. The maximum Gasteiger partial charge on any atom is 0.0530 e. The first kappa shape index (κ1) is 11.4. The minimum absolute atomic E-state index is 0.477. The zero-order chi connectivity index (χ0) is 9.56. The molecule has 0 amide bonds. The van der Waals surface area contributed by atoms with Crippen LogP contribution < -0.4 is 0 Å². The van der Waals surface area contributed by atoms with Gasteiger partial charge in [0.1, 0.15) is 0 Å². The summed E-state index contributed by atoms with van der Waals surface area (Å²) in [5.74, 6) is 0.477. The molecule has 1 heteroatoms. The van der Waals surface area contributed by atoms with Crippen molar-refractivity contribution < 1.29 is 4.74 Å². The van der Waals surface area contributed by atoms with Crippen molar-refractivity contribution in [3.63, 3.8) is 0 Å². The Morgan fingerprint density at radius 1 is 1.42 bits per heavy atom. The van der Waals surface area contributed by atoms with Gasteiger partial charge in [-0.3, -0.25) is 0 Å². The molecule has 0 aliphatic carbocycles. The SMILES string of the molecule is C=C(C)C(CC=C(C)C)COC. The Bertz CT molecular complexity index is 164. The third-order valence-electron chi connectivity index (χ3n) is 1.88. The van der Waals surface area contributed by atoms with Crippen molar-refractivity contribution in [1.82, 2.24) is 0 Å². The van der Waals surface area contributed by atoms with Crippen molar-refractivity contribution in [2.24, 2.45) is 5.92 Å². The van der Waals surface area contributed by atoms with Crippen LogP contribution in [0.2, 0.25) is 0 Å². The summed E-state index contributed by atoms with van der Waals surface area (Å²) in [4.78, 5) is 0. The highest BCUT2D eigenvalue weighted by atomic mass is 16.5. The quantitative estimate of drug-likeness (QED) is 0.573. The van der Waals surface area contributed by atoms with Crippen LogP contribution in [0.5, 0.6) is 0 Å². The topological polar surface area (TPSA) is 9.23 Å². The van der Waals surface area contributed by atoms with Gasteiger partial charge in [-0.25, -0.2) is 0 Å². The average molecular weight is 168 g/mol. The summed E-state index contributed by atoms with van der Waals surface area (Å²) in [5, 5.41) is 0. The summed E-state index contributed by atoms with van der Waals surface area (Å²) in [6.07, 6.45) is 3.28. The van der Waals surface area contributed by atoms with Gasteiger partial charge in [0.25, 0.3) is 0 Å². The Labute approximate surface area is 76.1 Å². The molecule has 0 spiro atoms. The van der Waals surface area contributed by atoms with Crippen LogP contribution in [0.4, 0.5) is 0 Å². The smallest absolute Gasteiger partial charge is 0.0530 e. The monoisotopic (exact) mass is 168 g/mol. The zero-order valence-corrected chi connectivity index (χ0v) is 8.68. The predicted molar refractivity (Wildman–Crippen MR) is 54.2 cm³/mol. The molecular weight excluding hydrogens is 148 g/mol. The molecule has 0 aliphatic heterocycles. The van der Waals surface area contributed by atoms with Crippen molar-refractivity contribution in [2.45, 2.75) is 27.2 Å². The molecule has 70 valence electrons. The summed E-state index contributed by atoms with van der Waals surface area (Å²) in [5.41, 5.74) is 2.56. The number of allylic oxidation sites excluding steroid dienone is 2. The molecule has 0 aromatic carbocycles. The third-order valence-corrected chi connectivity index (χ3v) is 1.88. The molecule has 0 aromatic rings. The van der Waals surface area contributed by atoms with Gasteiger partial charge in [0, 0.05) is 13.0 Å². The molecule has 0 saturated carbocycles. The molecule has 0 radical (unpaired) electrons. The average Bonchev–Trinajstić information content (AvgIpc) is 1.96. The number of ether oxygens (including phenoxy) is 1. The van der Waals surface area contributed by atoms with Crippen LogP contribution in [0.1, 0.15) is 27.2 Å². The second-order valence-corrected chi connectivity index (χ2v) is 3.52. The molecule has 0 bridgehead atoms. The van der Waals surface area contributed by atoms with Gasteiger partial charge in [-0.05, 0) is 27.2 Å². The molecule has 12 heavy (non-hydrogen) atoms. The molecular formula is C11H20O. The van der Waals surface area contributed by atoms with Gasteiger partial charge in [-0.15, -0.1) is 0 Å². The number of rotatable bonds is 5. The van der Waals surface area contributed by atoms with Gasteiger partial charge < -0.3 is 4.74 Å². The second kappa shape index (κ2) is 6.01. The number of hydrogen-bond acceptors (Lipinski definition) is 1. The zero-order valence-electron chi connectivity index (χ0n) is 8.68. The van der Waals surface area contributed by atoms with Crippen LogP contribution in [0.3, 0.4) is 0 Å². The summed E-state index contributed by atoms with van der Waals surface area (Å²) in [7, 11) is 1.73. The molecule has 0 aromatic heterocycles. The van der Waals surface area contributed by atoms with E-state index in [9.17, 15) is 0 Å². The van der Waals surface area contributed by atoms with Crippen molar-refractivity contribution in [3.8, 4) is 0 Å². The van der Waals surface area contributed by atoms with Crippen molar-refractivity contribution in [3.05, 3.63) is 23.8 Å². The van der Waals surface area contributed by atoms with Crippen LogP contribution in [0, 0.1) is 5.92 Å². The molecule has 1 atom stereocenters. The van der Waals surface area contributed by atoms with E-state index in [0.29, 0.717) is 5.92 Å². The Hall–Kier alpha value is -0.560. The van der Waals surface area contributed by atoms with Gasteiger partial charge >= 0.3 is 0 Å². The van der Waals surface area contributed by atoms with Gasteiger partial charge in [0.05, 0.1) is 6.61 Å². The summed E-state index contributed by atoms with van der Waals surface area (Å²) < 4.78 is 5.11. The van der Waals surface area contributed by atoms with Crippen LogP contribution >= 0.6 is 0 Å². The van der Waals surface area contributed by atoms with E-state index in [-0.39, 0.29) is 0 Å². The van der Waals surface area contributed by atoms with Gasteiger partial charge in [-0.1, -0.05) is 23.8 Å². The predicted octanol–water partition coefficient (Wildman–Crippen LogP) is 3.18.